The highest BCUT2D eigenvalue weighted by Crippen LogP contribution is 2.53. The maximum Gasteiger partial charge on any atom is 0.210 e. The molecule has 56 heavy (non-hydrogen) atoms. The first-order valence-corrected chi connectivity index (χ1v) is 18.3. The van der Waals surface area contributed by atoms with Crippen LogP contribution in [0.25, 0.3) is 12.2 Å². The second-order valence-electron chi connectivity index (χ2n) is 15.6. The number of rotatable bonds is 0. The molecule has 5 heterocycles. The lowest BCUT2D eigenvalue weighted by atomic mass is 9.68. The average Bonchev–Trinajstić information content (AvgIpc) is 3.96. The fourth-order valence-corrected chi connectivity index (χ4v) is 10.7. The van der Waals surface area contributed by atoms with Gasteiger partial charge in [0.15, 0.2) is 0 Å². The second kappa shape index (κ2) is 9.52. The summed E-state index contributed by atoms with van der Waals surface area (Å²) in [5, 5.41) is 6.70. The number of hydrogen-bond donors (Lipinski definition) is 4. The molecule has 0 amide bonds. The van der Waals surface area contributed by atoms with E-state index in [1.165, 1.54) is 0 Å². The predicted octanol–water partition coefficient (Wildman–Crippen LogP) is 2.67. The quantitative estimate of drug-likeness (QED) is 0.229. The molecule has 0 saturated heterocycles. The lowest BCUT2D eigenvalue weighted by molar-refractivity contribution is -0.139. The Morgan fingerprint density at radius 1 is 0.357 bits per heavy atom. The van der Waals surface area contributed by atoms with E-state index < -0.39 is 93.6 Å². The van der Waals surface area contributed by atoms with Gasteiger partial charge in [-0.1, -0.05) is 48.6 Å². The fraction of sp³-hybridized carbons (Fsp3) is 0.190. The summed E-state index contributed by atoms with van der Waals surface area (Å²) in [6.07, 6.45) is 17.0. The summed E-state index contributed by atoms with van der Waals surface area (Å²) in [6.45, 7) is 0. The molecule has 4 N–H and O–H groups in total. The summed E-state index contributed by atoms with van der Waals surface area (Å²) < 4.78 is 0. The van der Waals surface area contributed by atoms with Gasteiger partial charge in [-0.25, -0.2) is 9.98 Å². The molecule has 16 bridgehead atoms. The third-order valence-electron chi connectivity index (χ3n) is 13.1. The monoisotopic (exact) mass is 738 g/mol. The Hall–Kier alpha value is -7.22. The zero-order valence-electron chi connectivity index (χ0n) is 28.6. The van der Waals surface area contributed by atoms with Crippen molar-refractivity contribution in [2.75, 3.05) is 10.6 Å². The smallest absolute Gasteiger partial charge is 0.210 e. The number of Topliss-reactive ketones (excluding diaryl/α,β-unsaturated/α-hetero) is 8. The third-order valence-corrected chi connectivity index (χ3v) is 13.1. The van der Waals surface area contributed by atoms with E-state index in [0.717, 1.165) is 0 Å². The van der Waals surface area contributed by atoms with Gasteiger partial charge in [0.2, 0.25) is 46.3 Å². The van der Waals surface area contributed by atoms with Crippen molar-refractivity contribution in [1.82, 2.24) is 9.97 Å². The van der Waals surface area contributed by atoms with Gasteiger partial charge in [-0.15, -0.1) is 0 Å². The Bertz CT molecular complexity index is 2770. The summed E-state index contributed by atoms with van der Waals surface area (Å²) in [7, 11) is 0. The number of anilines is 2. The molecule has 8 unspecified atom stereocenters. The molecule has 0 radical (unpaired) electrons. The van der Waals surface area contributed by atoms with Gasteiger partial charge in [0.25, 0.3) is 0 Å². The number of nitrogens with one attached hydrogen (secondary N) is 4. The van der Waals surface area contributed by atoms with Crippen LogP contribution in [-0.2, 0) is 38.4 Å². The normalized spacial score (nSPS) is 32.9. The highest BCUT2D eigenvalue weighted by atomic mass is 16.2. The number of fused-ring (bicyclic) bond motifs is 10. The van der Waals surface area contributed by atoms with Crippen molar-refractivity contribution >= 4 is 81.7 Å². The van der Waals surface area contributed by atoms with Gasteiger partial charge in [-0.2, -0.15) is 0 Å². The summed E-state index contributed by atoms with van der Waals surface area (Å²) in [6, 6.07) is 0. The topological polar surface area (TPSA) is 217 Å². The van der Waals surface area contributed by atoms with E-state index in [-0.39, 0.29) is 11.7 Å². The highest BCUT2D eigenvalue weighted by Gasteiger charge is 2.53. The average molecular weight is 739 g/mol. The molecule has 0 spiro atoms. The van der Waals surface area contributed by atoms with E-state index in [4.69, 9.17) is 9.98 Å². The first-order valence-electron chi connectivity index (χ1n) is 18.3. The molecule has 2 aromatic heterocycles. The molecule has 0 aromatic carbocycles. The molecule has 14 heteroatoms. The first kappa shape index (κ1) is 30.1. The van der Waals surface area contributed by atoms with Crippen molar-refractivity contribution in [3.63, 3.8) is 0 Å². The minimum atomic E-state index is -0.925. The van der Waals surface area contributed by atoms with Crippen LogP contribution in [0, 0.1) is 23.7 Å². The van der Waals surface area contributed by atoms with Gasteiger partial charge in [0.1, 0.15) is 23.3 Å². The van der Waals surface area contributed by atoms with Crippen molar-refractivity contribution in [1.29, 1.82) is 0 Å². The highest BCUT2D eigenvalue weighted by molar-refractivity contribution is 6.47. The Morgan fingerprint density at radius 3 is 1.04 bits per heavy atom. The van der Waals surface area contributed by atoms with E-state index in [9.17, 15) is 38.4 Å². The van der Waals surface area contributed by atoms with Crippen LogP contribution >= 0.6 is 0 Å². The van der Waals surface area contributed by atoms with Crippen LogP contribution in [0.1, 0.15) is 57.3 Å². The van der Waals surface area contributed by atoms with Crippen LogP contribution in [0.2, 0.25) is 0 Å². The number of nitrogens with zero attached hydrogens (tertiary/aromatic N) is 2. The number of aromatic nitrogens is 2. The van der Waals surface area contributed by atoms with Crippen LogP contribution in [0.15, 0.2) is 92.3 Å². The number of carbonyl (C=O) groups is 8. The third kappa shape index (κ3) is 3.28. The van der Waals surface area contributed by atoms with Gasteiger partial charge >= 0.3 is 0 Å². The Balaban J connectivity index is 1.11. The number of ketones is 8. The first-order chi connectivity index (χ1) is 27.1. The van der Waals surface area contributed by atoms with Crippen molar-refractivity contribution < 1.29 is 38.4 Å². The predicted molar refractivity (Wildman–Crippen MR) is 195 cm³/mol. The number of carbonyl (C=O) groups excluding carboxylic acids is 8. The molecule has 14 nitrogen and oxygen atoms in total. The molecule has 3 aliphatic heterocycles. The van der Waals surface area contributed by atoms with Gasteiger partial charge in [-0.3, -0.25) is 38.4 Å². The number of hydrogen-bond acceptors (Lipinski definition) is 12. The molecule has 15 aliphatic rings. The number of aromatic amines is 2. The largest absolute Gasteiger partial charge is 0.355 e. The Morgan fingerprint density at radius 2 is 0.661 bits per heavy atom. The number of allylic oxidation sites excluding steroid dienone is 10. The maximum absolute atomic E-state index is 13.4. The van der Waals surface area contributed by atoms with E-state index in [1.54, 1.807) is 60.8 Å². The standard InChI is InChI=1S/C42H22N6O8/c49-31-11-1-2-12(32(31)50)24-20-10-22-26-14-4-6-16(36(54)34(14)52)28(26)40(45-22)47-42-30-18-8-7-17(37(55)38(18)56)29(30)41(48-42)46-39-27-15-5-3-13(33(51)35(15)53)25(27)21(44-39)9-19(43-20)23(11)24/h1-18,43H,(H3,44,45,46,47,48). The maximum atomic E-state index is 13.4. The van der Waals surface area contributed by atoms with Gasteiger partial charge in [-0.05, 0) is 23.3 Å². The number of amidine groups is 2. The van der Waals surface area contributed by atoms with Crippen molar-refractivity contribution in [2.45, 2.75) is 23.7 Å². The minimum Gasteiger partial charge on any atom is -0.355 e. The molecular formula is C42H22N6O8. The molecule has 8 atom stereocenters. The van der Waals surface area contributed by atoms with Crippen LogP contribution in [0.4, 0.5) is 11.6 Å². The second-order valence-corrected chi connectivity index (χ2v) is 15.6. The minimum absolute atomic E-state index is 0.260. The number of aliphatic imine (C=N–C) groups is 2. The van der Waals surface area contributed by atoms with E-state index in [2.05, 4.69) is 20.6 Å². The molecular weight excluding hydrogens is 716 g/mol. The SMILES string of the molecule is O=C1C(=O)C2C=CC1C1=C2C2=NC1=Cc1[nH]c(c3c1C1C=CC3C(=O)C1=O)C=C1N=C(Nc3[nH]c(c4c3C3C=CC4C(=O)C3=O)N2)C2=C1C1C=CC2C(=O)C1=O. The number of H-pyrrole nitrogens is 2. The molecule has 0 fully saturated rings. The zero-order valence-corrected chi connectivity index (χ0v) is 28.6. The molecule has 17 rings (SSSR count). The van der Waals surface area contributed by atoms with Crippen molar-refractivity contribution in [2.24, 2.45) is 33.7 Å². The van der Waals surface area contributed by atoms with E-state index in [0.29, 0.717) is 79.0 Å². The summed E-state index contributed by atoms with van der Waals surface area (Å²) in [5.74, 6) is -10.6. The lowest BCUT2D eigenvalue weighted by Gasteiger charge is -2.32. The summed E-state index contributed by atoms with van der Waals surface area (Å²) in [4.78, 5) is 124. The lowest BCUT2D eigenvalue weighted by Crippen LogP contribution is -2.41. The Labute approximate surface area is 313 Å². The van der Waals surface area contributed by atoms with Crippen molar-refractivity contribution in [3.8, 4) is 0 Å². The summed E-state index contributed by atoms with van der Waals surface area (Å²) in [5.41, 5.74) is 5.84. The Kier molecular flexibility index (Phi) is 5.13. The summed E-state index contributed by atoms with van der Waals surface area (Å²) >= 11 is 0. The van der Waals surface area contributed by atoms with E-state index >= 15 is 0 Å². The van der Waals surface area contributed by atoms with Gasteiger partial charge < -0.3 is 20.6 Å². The van der Waals surface area contributed by atoms with Crippen molar-refractivity contribution in [3.05, 3.63) is 116 Å². The van der Waals surface area contributed by atoms with Gasteiger partial charge in [0.05, 0.1) is 58.7 Å². The van der Waals surface area contributed by atoms with Crippen LogP contribution in [0.3, 0.4) is 0 Å². The van der Waals surface area contributed by atoms with Crippen LogP contribution < -0.4 is 10.6 Å². The van der Waals surface area contributed by atoms with E-state index in [1.807, 2.05) is 0 Å². The fourth-order valence-electron chi connectivity index (χ4n) is 10.7. The zero-order chi connectivity index (χ0) is 37.8. The van der Waals surface area contributed by atoms with Crippen LogP contribution in [0.5, 0.6) is 0 Å². The molecule has 0 saturated carbocycles. The molecule has 268 valence electrons. The van der Waals surface area contributed by atoms with Gasteiger partial charge in [0, 0.05) is 44.8 Å². The molecule has 2 aromatic rings. The van der Waals surface area contributed by atoms with Crippen LogP contribution in [-0.4, -0.2) is 67.9 Å². The molecule has 12 aliphatic carbocycles.